The van der Waals surface area contributed by atoms with E-state index in [1.165, 1.54) is 12.1 Å². The van der Waals surface area contributed by atoms with Crippen LogP contribution < -0.4 is 11.1 Å². The van der Waals surface area contributed by atoms with Crippen LogP contribution in [0.3, 0.4) is 0 Å². The Morgan fingerprint density at radius 3 is 2.57 bits per heavy atom. The molecular weight excluding hydrogens is 317 g/mol. The summed E-state index contributed by atoms with van der Waals surface area (Å²) in [6, 6.07) is 3.72. The van der Waals surface area contributed by atoms with Gasteiger partial charge in [0.1, 0.15) is 4.99 Å². The van der Waals surface area contributed by atoms with Gasteiger partial charge < -0.3 is 11.1 Å². The maximum absolute atomic E-state index is 12.9. The van der Waals surface area contributed by atoms with E-state index in [4.69, 9.17) is 18.0 Å². The molecule has 1 aromatic carbocycles. The van der Waals surface area contributed by atoms with Crippen molar-refractivity contribution in [3.05, 3.63) is 51.2 Å². The molecule has 2 nitrogen and oxygen atoms in total. The van der Waals surface area contributed by atoms with Gasteiger partial charge in [-0.15, -0.1) is 0 Å². The van der Waals surface area contributed by atoms with Crippen LogP contribution in [0.1, 0.15) is 22.3 Å². The Bertz CT molecular complexity index is 662. The molecule has 0 radical (unpaired) electrons. The van der Waals surface area contributed by atoms with Gasteiger partial charge in [0.25, 0.3) is 0 Å². The van der Waals surface area contributed by atoms with Gasteiger partial charge in [-0.1, -0.05) is 12.2 Å². The molecule has 1 heterocycles. The van der Waals surface area contributed by atoms with Gasteiger partial charge >= 0.3 is 6.18 Å². The van der Waals surface area contributed by atoms with Gasteiger partial charge in [-0.2, -0.15) is 24.5 Å². The lowest BCUT2D eigenvalue weighted by molar-refractivity contribution is -0.137. The number of hydrogen-bond acceptors (Lipinski definition) is 3. The van der Waals surface area contributed by atoms with E-state index in [1.807, 2.05) is 17.7 Å². The lowest BCUT2D eigenvalue weighted by Crippen LogP contribution is -2.18. The van der Waals surface area contributed by atoms with E-state index in [-0.39, 0.29) is 10.6 Å². The van der Waals surface area contributed by atoms with E-state index in [2.05, 4.69) is 5.32 Å². The molecule has 0 fully saturated rings. The van der Waals surface area contributed by atoms with Crippen molar-refractivity contribution in [2.24, 2.45) is 5.73 Å². The fourth-order valence-corrected chi connectivity index (χ4v) is 2.90. The Labute approximate surface area is 129 Å². The van der Waals surface area contributed by atoms with E-state index in [9.17, 15) is 13.2 Å². The van der Waals surface area contributed by atoms with Crippen LogP contribution in [0.5, 0.6) is 0 Å². The molecule has 0 spiro atoms. The molecule has 2 aromatic rings. The van der Waals surface area contributed by atoms with Crippen LogP contribution in [0.2, 0.25) is 0 Å². The molecule has 21 heavy (non-hydrogen) atoms. The monoisotopic (exact) mass is 330 g/mol. The van der Waals surface area contributed by atoms with Crippen LogP contribution in [0, 0.1) is 6.92 Å². The van der Waals surface area contributed by atoms with Gasteiger partial charge in [0.2, 0.25) is 0 Å². The first-order valence-corrected chi connectivity index (χ1v) is 7.40. The Kier molecular flexibility index (Phi) is 4.53. The molecule has 0 aliphatic rings. The summed E-state index contributed by atoms with van der Waals surface area (Å²) in [6.45, 7) is 2.53. The molecule has 112 valence electrons. The Morgan fingerprint density at radius 1 is 1.33 bits per heavy atom. The van der Waals surface area contributed by atoms with Gasteiger partial charge in [0, 0.05) is 17.8 Å². The predicted octanol–water partition coefficient (Wildman–Crippen LogP) is 4.32. The largest absolute Gasteiger partial charge is 0.417 e. The molecule has 3 N–H and O–H groups in total. The van der Waals surface area contributed by atoms with Crippen LogP contribution in [0.4, 0.5) is 18.9 Å². The minimum atomic E-state index is -4.47. The number of anilines is 1. The van der Waals surface area contributed by atoms with E-state index in [1.54, 1.807) is 11.3 Å². The van der Waals surface area contributed by atoms with Crippen molar-refractivity contribution in [2.75, 3.05) is 5.32 Å². The van der Waals surface area contributed by atoms with Crippen LogP contribution in [-0.2, 0) is 12.7 Å². The molecule has 0 aliphatic carbocycles. The number of hydrogen-bond donors (Lipinski definition) is 2. The summed E-state index contributed by atoms with van der Waals surface area (Å²) in [5.41, 5.74) is 7.23. The third-order valence-electron chi connectivity index (χ3n) is 3.04. The van der Waals surface area contributed by atoms with Gasteiger partial charge in [-0.3, -0.25) is 0 Å². The van der Waals surface area contributed by atoms with Crippen LogP contribution in [-0.4, -0.2) is 4.99 Å². The van der Waals surface area contributed by atoms with Gasteiger partial charge in [-0.25, -0.2) is 0 Å². The zero-order valence-corrected chi connectivity index (χ0v) is 12.8. The highest BCUT2D eigenvalue weighted by atomic mass is 32.1. The maximum Gasteiger partial charge on any atom is 0.417 e. The molecular formula is C14H13F3N2S2. The van der Waals surface area contributed by atoms with Gasteiger partial charge in [0.15, 0.2) is 0 Å². The van der Waals surface area contributed by atoms with E-state index in [0.29, 0.717) is 12.2 Å². The zero-order valence-electron chi connectivity index (χ0n) is 11.1. The number of aryl methyl sites for hydroxylation is 1. The van der Waals surface area contributed by atoms with E-state index < -0.39 is 11.7 Å². The number of nitrogens with one attached hydrogen (secondary N) is 1. The molecule has 0 saturated heterocycles. The molecule has 0 unspecified atom stereocenters. The van der Waals surface area contributed by atoms with Crippen molar-refractivity contribution in [1.29, 1.82) is 0 Å². The Hall–Kier alpha value is -1.60. The summed E-state index contributed by atoms with van der Waals surface area (Å²) in [4.78, 5) is -0.266. The van der Waals surface area contributed by atoms with Crippen molar-refractivity contribution in [3.8, 4) is 0 Å². The molecule has 1 aromatic heterocycles. The standard InChI is InChI=1S/C14H13F3N2S2/c1-8-6-21-7-9(8)5-19-10-2-3-12(14(15,16)17)11(4-10)13(18)20/h2-4,6-7,19H,5H2,1H3,(H2,18,20). The van der Waals surface area contributed by atoms with Crippen molar-refractivity contribution in [3.63, 3.8) is 0 Å². The highest BCUT2D eigenvalue weighted by Gasteiger charge is 2.34. The summed E-state index contributed by atoms with van der Waals surface area (Å²) in [5.74, 6) is 0. The summed E-state index contributed by atoms with van der Waals surface area (Å²) >= 11 is 6.30. The van der Waals surface area contributed by atoms with Crippen LogP contribution in [0.15, 0.2) is 29.0 Å². The summed E-state index contributed by atoms with van der Waals surface area (Å²) < 4.78 is 38.6. The number of rotatable bonds is 4. The summed E-state index contributed by atoms with van der Waals surface area (Å²) in [6.07, 6.45) is -4.47. The smallest absolute Gasteiger partial charge is 0.389 e. The second-order valence-electron chi connectivity index (χ2n) is 4.56. The Balaban J connectivity index is 2.24. The van der Waals surface area contributed by atoms with Crippen molar-refractivity contribution < 1.29 is 13.2 Å². The lowest BCUT2D eigenvalue weighted by Gasteiger charge is -2.14. The fourth-order valence-electron chi connectivity index (χ4n) is 1.87. The average molecular weight is 330 g/mol. The quantitative estimate of drug-likeness (QED) is 0.820. The minimum absolute atomic E-state index is 0.162. The number of halogens is 3. The topological polar surface area (TPSA) is 38.0 Å². The fraction of sp³-hybridized carbons (Fsp3) is 0.214. The third kappa shape index (κ3) is 3.74. The highest BCUT2D eigenvalue weighted by Crippen LogP contribution is 2.33. The van der Waals surface area contributed by atoms with Crippen LogP contribution >= 0.6 is 23.6 Å². The number of thiocarbonyl (C=S) groups is 1. The average Bonchev–Trinajstić information content (AvgIpc) is 2.80. The molecule has 7 heteroatoms. The molecule has 0 bridgehead atoms. The predicted molar refractivity (Wildman–Crippen MR) is 83.7 cm³/mol. The second kappa shape index (κ2) is 6.03. The first-order valence-electron chi connectivity index (χ1n) is 6.05. The van der Waals surface area contributed by atoms with E-state index in [0.717, 1.165) is 17.2 Å². The second-order valence-corrected chi connectivity index (χ2v) is 5.74. The first-order chi connectivity index (χ1) is 9.79. The summed E-state index contributed by atoms with van der Waals surface area (Å²) in [7, 11) is 0. The highest BCUT2D eigenvalue weighted by molar-refractivity contribution is 7.80. The normalized spacial score (nSPS) is 11.4. The van der Waals surface area contributed by atoms with Crippen LogP contribution in [0.25, 0.3) is 0 Å². The van der Waals surface area contributed by atoms with Crippen molar-refractivity contribution >= 4 is 34.2 Å². The third-order valence-corrected chi connectivity index (χ3v) is 4.17. The number of thiophene rings is 1. The molecule has 0 atom stereocenters. The molecule has 0 saturated carbocycles. The molecule has 2 rings (SSSR count). The molecule has 0 aliphatic heterocycles. The van der Waals surface area contributed by atoms with E-state index >= 15 is 0 Å². The Morgan fingerprint density at radius 2 is 2.05 bits per heavy atom. The molecule has 0 amide bonds. The van der Waals surface area contributed by atoms with Crippen molar-refractivity contribution in [1.82, 2.24) is 0 Å². The zero-order chi connectivity index (χ0) is 15.6. The summed E-state index contributed by atoms with van der Waals surface area (Å²) in [5, 5.41) is 7.10. The van der Waals surface area contributed by atoms with Gasteiger partial charge in [-0.05, 0) is 47.0 Å². The van der Waals surface area contributed by atoms with Gasteiger partial charge in [0.05, 0.1) is 5.56 Å². The first kappa shape index (κ1) is 15.8. The SMILES string of the molecule is Cc1cscc1CNc1ccc(C(F)(F)F)c(C(N)=S)c1. The number of nitrogens with two attached hydrogens (primary N) is 1. The number of alkyl halides is 3. The lowest BCUT2D eigenvalue weighted by atomic mass is 10.1. The number of benzene rings is 1. The maximum atomic E-state index is 12.9. The van der Waals surface area contributed by atoms with Crippen molar-refractivity contribution in [2.45, 2.75) is 19.6 Å². The minimum Gasteiger partial charge on any atom is -0.389 e.